The highest BCUT2D eigenvalue weighted by Gasteiger charge is 1.98. The molecule has 0 aliphatic rings. The van der Waals surface area contributed by atoms with E-state index in [-0.39, 0.29) is 12.6 Å². The van der Waals surface area contributed by atoms with E-state index in [0.29, 0.717) is 6.42 Å². The molecule has 1 N–H and O–H groups in total. The zero-order valence-electron chi connectivity index (χ0n) is 10.3. The molecule has 0 aliphatic carbocycles. The van der Waals surface area contributed by atoms with Gasteiger partial charge >= 0.3 is 5.97 Å². The number of rotatable bonds is 10. The number of aliphatic hydroxyl groups is 1. The van der Waals surface area contributed by atoms with Gasteiger partial charge in [0, 0.05) is 13.0 Å². The Labute approximate surface area is 98.5 Å². The van der Waals surface area contributed by atoms with Crippen LogP contribution in [0.1, 0.15) is 51.4 Å². The second-order valence-electron chi connectivity index (χ2n) is 3.87. The highest BCUT2D eigenvalue weighted by molar-refractivity contribution is 5.68. The second kappa shape index (κ2) is 12.2. The largest absolute Gasteiger partial charge is 0.469 e. The Morgan fingerprint density at radius 1 is 1.06 bits per heavy atom. The van der Waals surface area contributed by atoms with Gasteiger partial charge < -0.3 is 9.84 Å². The fourth-order valence-electron chi connectivity index (χ4n) is 1.47. The van der Waals surface area contributed by atoms with Gasteiger partial charge in [-0.25, -0.2) is 0 Å². The zero-order chi connectivity index (χ0) is 12.1. The van der Waals surface area contributed by atoms with Crippen molar-refractivity contribution in [2.45, 2.75) is 51.4 Å². The van der Waals surface area contributed by atoms with E-state index < -0.39 is 0 Å². The van der Waals surface area contributed by atoms with Gasteiger partial charge in [-0.05, 0) is 25.7 Å². The van der Waals surface area contributed by atoms with Crippen molar-refractivity contribution < 1.29 is 14.6 Å². The molecule has 0 saturated carbocycles. The number of hydrogen-bond donors (Lipinski definition) is 1. The Balaban J connectivity index is 3.07. The Morgan fingerprint density at radius 2 is 1.69 bits per heavy atom. The highest BCUT2D eigenvalue weighted by Crippen LogP contribution is 2.08. The van der Waals surface area contributed by atoms with Crippen molar-refractivity contribution in [1.29, 1.82) is 0 Å². The number of aliphatic hydroxyl groups excluding tert-OH is 1. The summed E-state index contributed by atoms with van der Waals surface area (Å²) in [5, 5.41) is 8.54. The molecule has 0 aromatic heterocycles. The number of hydrogen-bond acceptors (Lipinski definition) is 3. The van der Waals surface area contributed by atoms with E-state index in [9.17, 15) is 4.79 Å². The third-order valence-corrected chi connectivity index (χ3v) is 2.44. The number of carbonyl (C=O) groups is 1. The Kier molecular flexibility index (Phi) is 11.6. The molecule has 0 saturated heterocycles. The summed E-state index contributed by atoms with van der Waals surface area (Å²) in [6.07, 6.45) is 12.2. The molecule has 0 aromatic carbocycles. The average Bonchev–Trinajstić information content (AvgIpc) is 2.31. The SMILES string of the molecule is COC(=O)CCCCCCC/C=C/CCO. The van der Waals surface area contributed by atoms with Crippen molar-refractivity contribution in [3.63, 3.8) is 0 Å². The maximum atomic E-state index is 10.8. The standard InChI is InChI=1S/C13H24O3/c1-16-13(15)11-9-7-5-3-2-4-6-8-10-12-14/h6,8,14H,2-5,7,9-12H2,1H3/b8-6+. The van der Waals surface area contributed by atoms with Crippen molar-refractivity contribution in [3.05, 3.63) is 12.2 Å². The smallest absolute Gasteiger partial charge is 0.305 e. The third kappa shape index (κ3) is 11.2. The normalized spacial score (nSPS) is 10.9. The van der Waals surface area contributed by atoms with Crippen LogP contribution in [0, 0.1) is 0 Å². The summed E-state index contributed by atoms with van der Waals surface area (Å²) < 4.78 is 4.56. The summed E-state index contributed by atoms with van der Waals surface area (Å²) in [7, 11) is 1.43. The van der Waals surface area contributed by atoms with Gasteiger partial charge in [-0.15, -0.1) is 0 Å². The molecule has 0 atom stereocenters. The van der Waals surface area contributed by atoms with Crippen LogP contribution in [0.4, 0.5) is 0 Å². The molecular formula is C13H24O3. The van der Waals surface area contributed by atoms with Crippen LogP contribution in [0.15, 0.2) is 12.2 Å². The van der Waals surface area contributed by atoms with Crippen molar-refractivity contribution in [3.8, 4) is 0 Å². The summed E-state index contributed by atoms with van der Waals surface area (Å²) in [6, 6.07) is 0. The topological polar surface area (TPSA) is 46.5 Å². The minimum absolute atomic E-state index is 0.105. The van der Waals surface area contributed by atoms with Gasteiger partial charge in [0.2, 0.25) is 0 Å². The number of esters is 1. The fourth-order valence-corrected chi connectivity index (χ4v) is 1.47. The molecule has 0 bridgehead atoms. The van der Waals surface area contributed by atoms with E-state index in [4.69, 9.17) is 5.11 Å². The maximum Gasteiger partial charge on any atom is 0.305 e. The van der Waals surface area contributed by atoms with Gasteiger partial charge in [0.25, 0.3) is 0 Å². The Morgan fingerprint density at radius 3 is 2.38 bits per heavy atom. The van der Waals surface area contributed by atoms with Gasteiger partial charge in [-0.1, -0.05) is 31.4 Å². The first kappa shape index (κ1) is 15.2. The minimum Gasteiger partial charge on any atom is -0.469 e. The first-order valence-electron chi connectivity index (χ1n) is 6.14. The van der Waals surface area contributed by atoms with E-state index in [1.54, 1.807) is 0 Å². The number of unbranched alkanes of at least 4 members (excludes halogenated alkanes) is 5. The molecular weight excluding hydrogens is 204 g/mol. The van der Waals surface area contributed by atoms with Crippen LogP contribution in [0.25, 0.3) is 0 Å². The van der Waals surface area contributed by atoms with Gasteiger partial charge in [-0.3, -0.25) is 4.79 Å². The molecule has 0 spiro atoms. The lowest BCUT2D eigenvalue weighted by Crippen LogP contribution is -1.98. The van der Waals surface area contributed by atoms with Crippen LogP contribution >= 0.6 is 0 Å². The molecule has 0 unspecified atom stereocenters. The van der Waals surface area contributed by atoms with Crippen molar-refractivity contribution in [2.24, 2.45) is 0 Å². The third-order valence-electron chi connectivity index (χ3n) is 2.44. The maximum absolute atomic E-state index is 10.8. The summed E-state index contributed by atoms with van der Waals surface area (Å²) in [5.41, 5.74) is 0. The van der Waals surface area contributed by atoms with Crippen LogP contribution in [0.2, 0.25) is 0 Å². The van der Waals surface area contributed by atoms with E-state index in [1.165, 1.54) is 26.4 Å². The number of methoxy groups -OCH3 is 1. The van der Waals surface area contributed by atoms with Crippen molar-refractivity contribution >= 4 is 5.97 Å². The van der Waals surface area contributed by atoms with Gasteiger partial charge in [0.1, 0.15) is 0 Å². The average molecular weight is 228 g/mol. The molecule has 3 heteroatoms. The van der Waals surface area contributed by atoms with Gasteiger partial charge in [0.05, 0.1) is 7.11 Å². The molecule has 0 amide bonds. The molecule has 94 valence electrons. The van der Waals surface area contributed by atoms with E-state index >= 15 is 0 Å². The van der Waals surface area contributed by atoms with Crippen LogP contribution < -0.4 is 0 Å². The van der Waals surface area contributed by atoms with E-state index in [1.807, 2.05) is 6.08 Å². The number of ether oxygens (including phenoxy) is 1. The van der Waals surface area contributed by atoms with Crippen LogP contribution in [-0.4, -0.2) is 24.8 Å². The minimum atomic E-state index is -0.105. The van der Waals surface area contributed by atoms with Crippen molar-refractivity contribution in [2.75, 3.05) is 13.7 Å². The van der Waals surface area contributed by atoms with Gasteiger partial charge in [-0.2, -0.15) is 0 Å². The summed E-state index contributed by atoms with van der Waals surface area (Å²) in [5.74, 6) is -0.105. The highest BCUT2D eigenvalue weighted by atomic mass is 16.5. The van der Waals surface area contributed by atoms with Crippen molar-refractivity contribution in [1.82, 2.24) is 0 Å². The molecule has 3 nitrogen and oxygen atoms in total. The van der Waals surface area contributed by atoms with E-state index in [2.05, 4.69) is 10.8 Å². The van der Waals surface area contributed by atoms with Gasteiger partial charge in [0.15, 0.2) is 0 Å². The van der Waals surface area contributed by atoms with Crippen LogP contribution in [0.5, 0.6) is 0 Å². The molecule has 0 fully saturated rings. The predicted molar refractivity (Wildman–Crippen MR) is 65.2 cm³/mol. The molecule has 16 heavy (non-hydrogen) atoms. The number of carbonyl (C=O) groups excluding carboxylic acids is 1. The second-order valence-corrected chi connectivity index (χ2v) is 3.87. The van der Waals surface area contributed by atoms with Crippen LogP contribution in [0.3, 0.4) is 0 Å². The summed E-state index contributed by atoms with van der Waals surface area (Å²) >= 11 is 0. The lowest BCUT2D eigenvalue weighted by atomic mass is 10.1. The Bertz CT molecular complexity index is 188. The monoisotopic (exact) mass is 228 g/mol. The molecule has 0 aromatic rings. The molecule has 0 heterocycles. The molecule has 0 aliphatic heterocycles. The lowest BCUT2D eigenvalue weighted by Gasteiger charge is -1.99. The summed E-state index contributed by atoms with van der Waals surface area (Å²) in [4.78, 5) is 10.8. The first-order chi connectivity index (χ1) is 7.81. The first-order valence-corrected chi connectivity index (χ1v) is 6.14. The van der Waals surface area contributed by atoms with E-state index in [0.717, 1.165) is 25.7 Å². The number of allylic oxidation sites excluding steroid dienone is 1. The summed E-state index contributed by atoms with van der Waals surface area (Å²) in [6.45, 7) is 0.240. The fraction of sp³-hybridized carbons (Fsp3) is 0.769. The zero-order valence-corrected chi connectivity index (χ0v) is 10.3. The molecule has 0 radical (unpaired) electrons. The quantitative estimate of drug-likeness (QED) is 0.355. The predicted octanol–water partition coefficient (Wildman–Crippen LogP) is 2.83. The van der Waals surface area contributed by atoms with Crippen LogP contribution in [-0.2, 0) is 9.53 Å². The Hall–Kier alpha value is -0.830. The molecule has 0 rings (SSSR count). The lowest BCUT2D eigenvalue weighted by molar-refractivity contribution is -0.140.